The van der Waals surface area contributed by atoms with E-state index < -0.39 is 12.2 Å². The molecule has 1 saturated carbocycles. The van der Waals surface area contributed by atoms with Crippen LogP contribution in [0.4, 0.5) is 8.78 Å². The Labute approximate surface area is 133 Å². The van der Waals surface area contributed by atoms with Crippen molar-refractivity contribution in [3.05, 3.63) is 23.8 Å². The molecule has 124 valence electrons. The number of amides is 1. The van der Waals surface area contributed by atoms with E-state index in [1.54, 1.807) is 19.1 Å². The van der Waals surface area contributed by atoms with Crippen LogP contribution in [0, 0.1) is 0 Å². The van der Waals surface area contributed by atoms with Crippen LogP contribution >= 0.6 is 12.4 Å². The first-order valence-corrected chi connectivity index (χ1v) is 6.72. The molecule has 1 aliphatic carbocycles. The molecule has 3 N–H and O–H groups in total. The lowest BCUT2D eigenvalue weighted by atomic mass is 10.2. The fraction of sp³-hybridized carbons (Fsp3) is 0.500. The van der Waals surface area contributed by atoms with E-state index in [4.69, 9.17) is 10.5 Å². The third-order valence-electron chi connectivity index (χ3n) is 3.22. The van der Waals surface area contributed by atoms with E-state index in [2.05, 4.69) is 10.1 Å². The Balaban J connectivity index is 0.00000242. The maximum Gasteiger partial charge on any atom is 0.387 e. The van der Waals surface area contributed by atoms with Crippen molar-refractivity contribution >= 4 is 18.3 Å². The van der Waals surface area contributed by atoms with Crippen molar-refractivity contribution in [3.63, 3.8) is 0 Å². The second kappa shape index (κ2) is 7.60. The van der Waals surface area contributed by atoms with E-state index in [-0.39, 0.29) is 36.4 Å². The van der Waals surface area contributed by atoms with Gasteiger partial charge in [-0.3, -0.25) is 4.79 Å². The number of nitrogens with two attached hydrogens (primary N) is 1. The van der Waals surface area contributed by atoms with E-state index >= 15 is 0 Å². The Morgan fingerprint density at radius 3 is 2.64 bits per heavy atom. The smallest absolute Gasteiger partial charge is 0.387 e. The predicted octanol–water partition coefficient (Wildman–Crippen LogP) is 2.22. The number of alkyl halides is 2. The molecule has 1 fully saturated rings. The van der Waals surface area contributed by atoms with Gasteiger partial charge in [-0.15, -0.1) is 12.4 Å². The highest BCUT2D eigenvalue weighted by Crippen LogP contribution is 2.33. The molecule has 2 rings (SSSR count). The number of hydrogen-bond donors (Lipinski definition) is 2. The fourth-order valence-corrected chi connectivity index (χ4v) is 1.84. The lowest BCUT2D eigenvalue weighted by molar-refractivity contribution is -0.123. The van der Waals surface area contributed by atoms with Gasteiger partial charge in [0.25, 0.3) is 0 Å². The summed E-state index contributed by atoms with van der Waals surface area (Å²) in [6, 6.07) is 4.56. The summed E-state index contributed by atoms with van der Waals surface area (Å²) >= 11 is 0. The van der Waals surface area contributed by atoms with Gasteiger partial charge >= 0.3 is 6.61 Å². The van der Waals surface area contributed by atoms with Gasteiger partial charge in [0.15, 0.2) is 11.5 Å². The second-order valence-electron chi connectivity index (χ2n) is 4.93. The van der Waals surface area contributed by atoms with Gasteiger partial charge in [0.2, 0.25) is 5.91 Å². The fourth-order valence-electron chi connectivity index (χ4n) is 1.84. The van der Waals surface area contributed by atoms with Crippen LogP contribution in [0.1, 0.15) is 25.3 Å². The maximum absolute atomic E-state index is 12.3. The Hall–Kier alpha value is -1.60. The van der Waals surface area contributed by atoms with Crippen molar-refractivity contribution in [1.29, 1.82) is 0 Å². The van der Waals surface area contributed by atoms with E-state index in [0.717, 1.165) is 5.56 Å². The van der Waals surface area contributed by atoms with Crippen molar-refractivity contribution < 1.29 is 23.0 Å². The molecular formula is C14H19ClF2N2O3. The van der Waals surface area contributed by atoms with Crippen LogP contribution in [0.3, 0.4) is 0 Å². The molecule has 0 atom stereocenters. The summed E-state index contributed by atoms with van der Waals surface area (Å²) in [4.78, 5) is 11.7. The predicted molar refractivity (Wildman–Crippen MR) is 79.5 cm³/mol. The number of carbonyl (C=O) groups is 1. The van der Waals surface area contributed by atoms with Crippen LogP contribution in [0.5, 0.6) is 11.5 Å². The molecule has 0 bridgehead atoms. The standard InChI is InChI=1S/C14H18F2N2O3.ClH/c1-2-20-11-7-9(3-4-10(11)21-13(15)16)8-18-12(19)14(17)5-6-14;/h3-4,7,13H,2,5-6,8,17H2,1H3,(H,18,19);1H. The lowest BCUT2D eigenvalue weighted by Crippen LogP contribution is -2.42. The number of hydrogen-bond acceptors (Lipinski definition) is 4. The molecule has 22 heavy (non-hydrogen) atoms. The van der Waals surface area contributed by atoms with Gasteiger partial charge in [0.05, 0.1) is 12.1 Å². The average molecular weight is 337 g/mol. The molecule has 0 aromatic heterocycles. The quantitative estimate of drug-likeness (QED) is 0.800. The Morgan fingerprint density at radius 1 is 1.41 bits per heavy atom. The van der Waals surface area contributed by atoms with E-state index in [0.29, 0.717) is 19.4 Å². The highest BCUT2D eigenvalue weighted by molar-refractivity contribution is 5.88. The molecular weight excluding hydrogens is 318 g/mol. The van der Waals surface area contributed by atoms with E-state index in [9.17, 15) is 13.6 Å². The molecule has 1 aliphatic rings. The van der Waals surface area contributed by atoms with Gasteiger partial charge in [-0.25, -0.2) is 0 Å². The minimum Gasteiger partial charge on any atom is -0.490 e. The van der Waals surface area contributed by atoms with Gasteiger partial charge < -0.3 is 20.5 Å². The first kappa shape index (κ1) is 18.4. The number of benzene rings is 1. The molecule has 0 heterocycles. The number of nitrogens with one attached hydrogen (secondary N) is 1. The van der Waals surface area contributed by atoms with Crippen molar-refractivity contribution in [2.24, 2.45) is 5.73 Å². The minimum atomic E-state index is -2.92. The van der Waals surface area contributed by atoms with Crippen LogP contribution < -0.4 is 20.5 Å². The van der Waals surface area contributed by atoms with Gasteiger partial charge in [-0.2, -0.15) is 8.78 Å². The average Bonchev–Trinajstić information content (AvgIpc) is 3.18. The monoisotopic (exact) mass is 336 g/mol. The molecule has 1 aromatic carbocycles. The number of rotatable bonds is 7. The zero-order valence-electron chi connectivity index (χ0n) is 12.1. The molecule has 5 nitrogen and oxygen atoms in total. The van der Waals surface area contributed by atoms with E-state index in [1.165, 1.54) is 6.07 Å². The highest BCUT2D eigenvalue weighted by atomic mass is 35.5. The van der Waals surface area contributed by atoms with Gasteiger partial charge in [-0.05, 0) is 37.5 Å². The molecule has 8 heteroatoms. The maximum atomic E-state index is 12.3. The number of carbonyl (C=O) groups excluding carboxylic acids is 1. The zero-order valence-corrected chi connectivity index (χ0v) is 12.9. The number of ether oxygens (including phenoxy) is 2. The van der Waals surface area contributed by atoms with Crippen LogP contribution in [0.2, 0.25) is 0 Å². The summed E-state index contributed by atoms with van der Waals surface area (Å²) in [6.07, 6.45) is 1.37. The molecule has 1 aromatic rings. The summed E-state index contributed by atoms with van der Waals surface area (Å²) < 4.78 is 34.2. The van der Waals surface area contributed by atoms with Crippen LogP contribution in [0.25, 0.3) is 0 Å². The Morgan fingerprint density at radius 2 is 2.09 bits per heavy atom. The first-order valence-electron chi connectivity index (χ1n) is 6.72. The van der Waals surface area contributed by atoms with Crippen LogP contribution in [-0.2, 0) is 11.3 Å². The normalized spacial score (nSPS) is 15.0. The topological polar surface area (TPSA) is 73.6 Å². The minimum absolute atomic E-state index is 0. The SMILES string of the molecule is CCOc1cc(CNC(=O)C2(N)CC2)ccc1OC(F)F.Cl. The highest BCUT2D eigenvalue weighted by Gasteiger charge is 2.45. The zero-order chi connectivity index (χ0) is 15.5. The molecule has 0 saturated heterocycles. The van der Waals surface area contributed by atoms with Gasteiger partial charge in [-0.1, -0.05) is 6.07 Å². The summed E-state index contributed by atoms with van der Waals surface area (Å²) in [5.41, 5.74) is 5.76. The van der Waals surface area contributed by atoms with Crippen LogP contribution in [-0.4, -0.2) is 24.7 Å². The molecule has 0 unspecified atom stereocenters. The van der Waals surface area contributed by atoms with E-state index in [1.807, 2.05) is 0 Å². The molecule has 0 aliphatic heterocycles. The van der Waals surface area contributed by atoms with Gasteiger partial charge in [0.1, 0.15) is 0 Å². The van der Waals surface area contributed by atoms with Crippen molar-refractivity contribution in [2.75, 3.05) is 6.61 Å². The van der Waals surface area contributed by atoms with Crippen molar-refractivity contribution in [1.82, 2.24) is 5.32 Å². The molecule has 0 radical (unpaired) electrons. The second-order valence-corrected chi connectivity index (χ2v) is 4.93. The van der Waals surface area contributed by atoms with Crippen LogP contribution in [0.15, 0.2) is 18.2 Å². The summed E-state index contributed by atoms with van der Waals surface area (Å²) in [5, 5.41) is 2.72. The molecule has 0 spiro atoms. The third kappa shape index (κ3) is 4.71. The summed E-state index contributed by atoms with van der Waals surface area (Å²) in [5.74, 6) is -0.00814. The van der Waals surface area contributed by atoms with Gasteiger partial charge in [0, 0.05) is 6.54 Å². The largest absolute Gasteiger partial charge is 0.490 e. The molecule has 1 amide bonds. The van der Waals surface area contributed by atoms with Crippen molar-refractivity contribution in [3.8, 4) is 11.5 Å². The Kier molecular flexibility index (Phi) is 6.37. The lowest BCUT2D eigenvalue weighted by Gasteiger charge is -2.14. The van der Waals surface area contributed by atoms with Crippen molar-refractivity contribution in [2.45, 2.75) is 38.5 Å². The summed E-state index contributed by atoms with van der Waals surface area (Å²) in [6.45, 7) is -0.596. The Bertz CT molecular complexity index is 525. The third-order valence-corrected chi connectivity index (χ3v) is 3.22. The first-order chi connectivity index (χ1) is 9.94. The number of halogens is 3. The summed E-state index contributed by atoms with van der Waals surface area (Å²) in [7, 11) is 0.